The summed E-state index contributed by atoms with van der Waals surface area (Å²) in [6.45, 7) is 3.06. The predicted molar refractivity (Wildman–Crippen MR) is 110 cm³/mol. The van der Waals surface area contributed by atoms with Crippen LogP contribution in [-0.4, -0.2) is 38.0 Å². The summed E-state index contributed by atoms with van der Waals surface area (Å²) in [5.74, 6) is -0.0901. The predicted octanol–water partition coefficient (Wildman–Crippen LogP) is 5.11. The molecule has 0 fully saturated rings. The van der Waals surface area contributed by atoms with Crippen LogP contribution in [-0.2, 0) is 13.1 Å². The Kier molecular flexibility index (Phi) is 7.97. The molecule has 0 spiro atoms. The van der Waals surface area contributed by atoms with Crippen LogP contribution in [0.5, 0.6) is 0 Å². The topological polar surface area (TPSA) is 99.4 Å². The van der Waals surface area contributed by atoms with Crippen LogP contribution in [0.1, 0.15) is 49.1 Å². The van der Waals surface area contributed by atoms with Crippen molar-refractivity contribution in [1.29, 1.82) is 5.26 Å². The van der Waals surface area contributed by atoms with Gasteiger partial charge in [-0.1, -0.05) is 20.8 Å². The molecule has 0 saturated heterocycles. The molecule has 0 aliphatic carbocycles. The maximum atomic E-state index is 12.3. The fraction of sp³-hybridized carbons (Fsp3) is 0.429. The maximum Gasteiger partial charge on any atom is 0.393 e. The zero-order chi connectivity index (χ0) is 25.7. The molecule has 0 aliphatic heterocycles. The number of alkyl halides is 6. The van der Waals surface area contributed by atoms with Gasteiger partial charge in [-0.3, -0.25) is 9.48 Å². The summed E-state index contributed by atoms with van der Waals surface area (Å²) in [6, 6.07) is 8.32. The molecule has 13 heteroatoms. The summed E-state index contributed by atoms with van der Waals surface area (Å²) in [6.07, 6.45) is -8.18. The third kappa shape index (κ3) is 7.50. The summed E-state index contributed by atoms with van der Waals surface area (Å²) < 4.78 is 72.7. The van der Waals surface area contributed by atoms with Crippen molar-refractivity contribution in [1.82, 2.24) is 25.1 Å². The summed E-state index contributed by atoms with van der Waals surface area (Å²) in [5, 5.41) is 15.2. The van der Waals surface area contributed by atoms with Gasteiger partial charge in [-0.15, -0.1) is 0 Å². The van der Waals surface area contributed by atoms with Crippen LogP contribution in [0.2, 0.25) is 0 Å². The van der Waals surface area contributed by atoms with E-state index in [2.05, 4.69) is 20.4 Å². The van der Waals surface area contributed by atoms with Crippen molar-refractivity contribution in [2.24, 2.45) is 5.41 Å². The van der Waals surface area contributed by atoms with E-state index in [-0.39, 0.29) is 12.2 Å². The number of carbonyl (C=O) groups excluding carboxylic acids is 1. The minimum Gasteiger partial charge on any atom is -0.343 e. The van der Waals surface area contributed by atoms with Gasteiger partial charge in [0.1, 0.15) is 11.5 Å². The van der Waals surface area contributed by atoms with Gasteiger partial charge in [0.2, 0.25) is 0 Å². The van der Waals surface area contributed by atoms with Crippen LogP contribution in [0, 0.1) is 16.7 Å². The molecule has 0 atom stereocenters. The highest BCUT2D eigenvalue weighted by Gasteiger charge is 2.42. The number of aromatic amines is 1. The van der Waals surface area contributed by atoms with Crippen LogP contribution in [0.25, 0.3) is 11.0 Å². The highest BCUT2D eigenvalue weighted by molar-refractivity contribution is 5.92. The molecule has 2 aromatic heterocycles. The second-order valence-electron chi connectivity index (χ2n) is 8.26. The van der Waals surface area contributed by atoms with Crippen LogP contribution in [0.3, 0.4) is 0 Å². The van der Waals surface area contributed by atoms with Crippen LogP contribution in [0.4, 0.5) is 26.3 Å². The number of hydrogen-bond acceptors (Lipinski definition) is 4. The molecule has 0 aliphatic rings. The number of benzene rings is 1. The molecular weight excluding hydrogens is 466 g/mol. The zero-order valence-corrected chi connectivity index (χ0v) is 18.5. The Morgan fingerprint density at radius 1 is 1.15 bits per heavy atom. The molecule has 34 heavy (non-hydrogen) atoms. The number of amides is 1. The van der Waals surface area contributed by atoms with E-state index in [0.717, 1.165) is 25.5 Å². The Labute approximate surface area is 190 Å². The summed E-state index contributed by atoms with van der Waals surface area (Å²) in [5.41, 5.74) is 0.252. The van der Waals surface area contributed by atoms with E-state index in [0.29, 0.717) is 22.4 Å². The number of hydrogen-bond donors (Lipinski definition) is 2. The number of H-pyrrole nitrogens is 1. The SMILES string of the molecule is CC(C)(C)C(F)(F)F.N#Cc1ccc2nc(CNC(=O)c3ccnn3CCC(F)(F)F)[nH]c2c1. The number of fused-ring (bicyclic) bond motifs is 1. The van der Waals surface area contributed by atoms with Gasteiger partial charge in [-0.05, 0) is 24.3 Å². The lowest BCUT2D eigenvalue weighted by Gasteiger charge is -2.21. The zero-order valence-electron chi connectivity index (χ0n) is 18.5. The molecule has 184 valence electrons. The highest BCUT2D eigenvalue weighted by atomic mass is 19.4. The van der Waals surface area contributed by atoms with E-state index >= 15 is 0 Å². The van der Waals surface area contributed by atoms with Crippen molar-refractivity contribution < 1.29 is 31.1 Å². The number of halogens is 6. The lowest BCUT2D eigenvalue weighted by atomic mass is 9.96. The van der Waals surface area contributed by atoms with Gasteiger partial charge in [0, 0.05) is 6.20 Å². The number of aromatic nitrogens is 4. The minimum absolute atomic E-state index is 0.0390. The van der Waals surface area contributed by atoms with Crippen LogP contribution in [0.15, 0.2) is 30.5 Å². The van der Waals surface area contributed by atoms with E-state index in [1.54, 1.807) is 18.2 Å². The first-order chi connectivity index (χ1) is 15.6. The largest absolute Gasteiger partial charge is 0.393 e. The van der Waals surface area contributed by atoms with Crippen LogP contribution >= 0.6 is 0 Å². The lowest BCUT2D eigenvalue weighted by Crippen LogP contribution is -2.28. The van der Waals surface area contributed by atoms with Gasteiger partial charge >= 0.3 is 12.4 Å². The van der Waals surface area contributed by atoms with Gasteiger partial charge < -0.3 is 10.3 Å². The molecular formula is C21H22F6N6O. The number of carbonyl (C=O) groups is 1. The smallest absolute Gasteiger partial charge is 0.343 e. The summed E-state index contributed by atoms with van der Waals surface area (Å²) in [4.78, 5) is 19.5. The first-order valence-electron chi connectivity index (χ1n) is 9.93. The molecule has 2 N–H and O–H groups in total. The average Bonchev–Trinajstić information content (AvgIpc) is 3.34. The van der Waals surface area contributed by atoms with Crippen LogP contribution < -0.4 is 5.32 Å². The number of imidazole rings is 1. The highest BCUT2D eigenvalue weighted by Crippen LogP contribution is 2.36. The van der Waals surface area contributed by atoms with E-state index < -0.39 is 36.6 Å². The van der Waals surface area contributed by atoms with E-state index in [1.807, 2.05) is 6.07 Å². The van der Waals surface area contributed by atoms with Crippen molar-refractivity contribution >= 4 is 16.9 Å². The molecule has 0 saturated carbocycles. The second-order valence-corrected chi connectivity index (χ2v) is 8.26. The van der Waals surface area contributed by atoms with E-state index in [9.17, 15) is 31.1 Å². The first-order valence-corrected chi connectivity index (χ1v) is 9.93. The molecule has 3 rings (SSSR count). The van der Waals surface area contributed by atoms with Gasteiger partial charge in [-0.2, -0.15) is 36.7 Å². The summed E-state index contributed by atoms with van der Waals surface area (Å²) >= 11 is 0. The molecule has 0 unspecified atom stereocenters. The number of nitrogens with zero attached hydrogens (tertiary/aromatic N) is 4. The summed E-state index contributed by atoms with van der Waals surface area (Å²) in [7, 11) is 0. The minimum atomic E-state index is -4.32. The standard InChI is InChI=1S/C16H13F3N6O.C5H9F3/c17-16(18,19)4-6-25-13(3-5-22-25)15(26)21-9-14-23-11-2-1-10(8-20)7-12(11)24-14;1-4(2,3)5(6,7)8/h1-3,5,7H,4,6,9H2,(H,21,26)(H,23,24);1-3H3. The number of aryl methyl sites for hydroxylation is 1. The Bertz CT molecular complexity index is 1150. The molecule has 2 heterocycles. The quantitative estimate of drug-likeness (QED) is 0.488. The maximum absolute atomic E-state index is 12.3. The van der Waals surface area contributed by atoms with Crippen molar-refractivity contribution in [3.05, 3.63) is 47.5 Å². The van der Waals surface area contributed by atoms with Crippen molar-refractivity contribution in [3.8, 4) is 6.07 Å². The van der Waals surface area contributed by atoms with Crippen molar-refractivity contribution in [2.75, 3.05) is 0 Å². The molecule has 1 amide bonds. The Hall–Kier alpha value is -3.56. The Balaban J connectivity index is 0.000000440. The molecule has 0 bridgehead atoms. The third-order valence-electron chi connectivity index (χ3n) is 4.48. The molecule has 0 radical (unpaired) electrons. The third-order valence-corrected chi connectivity index (χ3v) is 4.48. The van der Waals surface area contributed by atoms with Gasteiger partial charge in [0.15, 0.2) is 0 Å². The number of rotatable bonds is 5. The van der Waals surface area contributed by atoms with Gasteiger partial charge in [0.05, 0.1) is 47.6 Å². The Morgan fingerprint density at radius 2 is 1.79 bits per heavy atom. The first kappa shape index (κ1) is 26.7. The monoisotopic (exact) mass is 488 g/mol. The Morgan fingerprint density at radius 3 is 2.35 bits per heavy atom. The fourth-order valence-electron chi connectivity index (χ4n) is 2.41. The fourth-order valence-corrected chi connectivity index (χ4v) is 2.41. The van der Waals surface area contributed by atoms with E-state index in [4.69, 9.17) is 5.26 Å². The van der Waals surface area contributed by atoms with Gasteiger partial charge in [0.25, 0.3) is 5.91 Å². The second kappa shape index (κ2) is 10.1. The lowest BCUT2D eigenvalue weighted by molar-refractivity contribution is -0.204. The van der Waals surface area contributed by atoms with E-state index in [1.165, 1.54) is 12.3 Å². The molecule has 3 aromatic rings. The normalized spacial score (nSPS) is 12.1. The van der Waals surface area contributed by atoms with Crippen molar-refractivity contribution in [3.63, 3.8) is 0 Å². The molecule has 7 nitrogen and oxygen atoms in total. The number of nitrogens with one attached hydrogen (secondary N) is 2. The van der Waals surface area contributed by atoms with Crippen molar-refractivity contribution in [2.45, 2.75) is 52.6 Å². The van der Waals surface area contributed by atoms with Gasteiger partial charge in [-0.25, -0.2) is 4.98 Å². The molecule has 1 aromatic carbocycles. The number of nitriles is 1. The average molecular weight is 488 g/mol.